The lowest BCUT2D eigenvalue weighted by atomic mass is 9.72. The summed E-state index contributed by atoms with van der Waals surface area (Å²) in [7, 11) is -3.70. The van der Waals surface area contributed by atoms with E-state index in [1.54, 1.807) is 12.1 Å². The highest BCUT2D eigenvalue weighted by Crippen LogP contribution is 2.46. The Hall–Kier alpha value is -2.56. The Morgan fingerprint density at radius 1 is 1.10 bits per heavy atom. The number of rotatable bonds is 8. The van der Waals surface area contributed by atoms with E-state index in [-0.39, 0.29) is 4.90 Å². The van der Waals surface area contributed by atoms with Crippen molar-refractivity contribution < 1.29 is 13.2 Å². The molecule has 0 spiro atoms. The summed E-state index contributed by atoms with van der Waals surface area (Å²) in [5.74, 6) is 2.96. The van der Waals surface area contributed by atoms with E-state index < -0.39 is 10.0 Å². The van der Waals surface area contributed by atoms with Crippen LogP contribution in [0.1, 0.15) is 48.6 Å². The van der Waals surface area contributed by atoms with Gasteiger partial charge in [-0.05, 0) is 84.8 Å². The second-order valence-electron chi connectivity index (χ2n) is 8.23. The summed E-state index contributed by atoms with van der Waals surface area (Å²) in [6.45, 7) is 0.717. The van der Waals surface area contributed by atoms with Crippen molar-refractivity contribution in [3.05, 3.63) is 53.2 Å². The molecule has 2 heterocycles. The minimum atomic E-state index is -3.70. The molecule has 3 N–H and O–H groups in total. The Labute approximate surface area is 185 Å². The number of aromatic nitrogens is 3. The maximum atomic E-state index is 11.3. The number of nitrogens with zero attached hydrogens (tertiary/aromatic N) is 3. The molecule has 162 valence electrons. The minimum Gasteiger partial charge on any atom is -0.477 e. The van der Waals surface area contributed by atoms with Crippen molar-refractivity contribution in [1.29, 1.82) is 0 Å². The van der Waals surface area contributed by atoms with Gasteiger partial charge in [0, 0.05) is 29.0 Å². The molecule has 0 radical (unpaired) electrons. The van der Waals surface area contributed by atoms with Crippen molar-refractivity contribution in [3.63, 3.8) is 0 Å². The normalized spacial score (nSPS) is 20.8. The van der Waals surface area contributed by atoms with Crippen molar-refractivity contribution in [3.8, 4) is 5.88 Å². The molecule has 8 nitrogen and oxygen atoms in total. The van der Waals surface area contributed by atoms with Gasteiger partial charge < -0.3 is 10.1 Å². The molecule has 5 rings (SSSR count). The quantitative estimate of drug-likeness (QED) is 0.528. The van der Waals surface area contributed by atoms with Crippen molar-refractivity contribution >= 4 is 33.2 Å². The van der Waals surface area contributed by atoms with Gasteiger partial charge in [-0.25, -0.2) is 23.5 Å². The molecule has 2 aromatic heterocycles. The number of nitrogens with one attached hydrogen (secondary N) is 1. The summed E-state index contributed by atoms with van der Waals surface area (Å²) < 4.78 is 33.1. The van der Waals surface area contributed by atoms with Gasteiger partial charge in [-0.15, -0.1) is 0 Å². The number of primary sulfonamides is 1. The number of anilines is 2. The lowest BCUT2D eigenvalue weighted by molar-refractivity contribution is 0.153. The molecule has 2 aliphatic rings. The van der Waals surface area contributed by atoms with Crippen LogP contribution in [-0.2, 0) is 10.0 Å². The van der Waals surface area contributed by atoms with E-state index in [0.29, 0.717) is 29.4 Å². The predicted octanol–water partition coefficient (Wildman–Crippen LogP) is 3.77. The summed E-state index contributed by atoms with van der Waals surface area (Å²) >= 11 is 1.48. The van der Waals surface area contributed by atoms with E-state index >= 15 is 0 Å². The van der Waals surface area contributed by atoms with Crippen LogP contribution in [0.25, 0.3) is 0 Å². The molecule has 10 heteroatoms. The molecule has 0 atom stereocenters. The summed E-state index contributed by atoms with van der Waals surface area (Å²) in [6, 6.07) is 6.15. The Morgan fingerprint density at radius 2 is 1.81 bits per heavy atom. The van der Waals surface area contributed by atoms with Gasteiger partial charge in [-0.2, -0.15) is 4.37 Å². The Balaban J connectivity index is 1.11. The first-order valence-corrected chi connectivity index (χ1v) is 12.6. The molecule has 31 heavy (non-hydrogen) atoms. The highest BCUT2D eigenvalue weighted by atomic mass is 32.2. The molecule has 0 saturated heterocycles. The van der Waals surface area contributed by atoms with Crippen molar-refractivity contribution in [1.82, 2.24) is 14.3 Å². The summed E-state index contributed by atoms with van der Waals surface area (Å²) in [5, 5.41) is 10.3. The van der Waals surface area contributed by atoms with Gasteiger partial charge >= 0.3 is 0 Å². The average molecular weight is 458 g/mol. The van der Waals surface area contributed by atoms with Crippen molar-refractivity contribution in [2.75, 3.05) is 11.9 Å². The van der Waals surface area contributed by atoms with E-state index in [9.17, 15) is 8.42 Å². The SMILES string of the molecule is NS(=O)(=O)c1ccc(Nc2ncc(C3CC(COc4nscc4C4CC4)C3)cn2)cc1. The second kappa shape index (κ2) is 8.18. The highest BCUT2D eigenvalue weighted by molar-refractivity contribution is 7.89. The average Bonchev–Trinajstić information content (AvgIpc) is 3.46. The fourth-order valence-corrected chi connectivity index (χ4v) is 5.05. The molecule has 0 unspecified atom stereocenters. The van der Waals surface area contributed by atoms with E-state index in [4.69, 9.17) is 9.88 Å². The maximum absolute atomic E-state index is 11.3. The van der Waals surface area contributed by atoms with Gasteiger partial charge in [0.1, 0.15) is 0 Å². The molecule has 0 amide bonds. The number of hydrogen-bond acceptors (Lipinski definition) is 8. The van der Waals surface area contributed by atoms with Crippen LogP contribution in [0.4, 0.5) is 11.6 Å². The number of benzene rings is 1. The van der Waals surface area contributed by atoms with Crippen molar-refractivity contribution in [2.24, 2.45) is 11.1 Å². The Bertz CT molecular complexity index is 1150. The summed E-state index contributed by atoms with van der Waals surface area (Å²) in [4.78, 5) is 8.85. The molecule has 2 aliphatic carbocycles. The van der Waals surface area contributed by atoms with Crippen molar-refractivity contribution in [2.45, 2.75) is 42.4 Å². The van der Waals surface area contributed by atoms with Gasteiger partial charge in [0.2, 0.25) is 21.9 Å². The number of hydrogen-bond donors (Lipinski definition) is 2. The van der Waals surface area contributed by atoms with Gasteiger partial charge in [-0.1, -0.05) is 0 Å². The molecule has 1 aromatic carbocycles. The third-order valence-corrected chi connectivity index (χ3v) is 7.41. The number of ether oxygens (including phenoxy) is 1. The van der Waals surface area contributed by atoms with Crippen LogP contribution in [0.15, 0.2) is 46.9 Å². The van der Waals surface area contributed by atoms with Gasteiger partial charge in [0.25, 0.3) is 0 Å². The van der Waals surface area contributed by atoms with Crippen LogP contribution in [0.5, 0.6) is 5.88 Å². The summed E-state index contributed by atoms with van der Waals surface area (Å²) in [5.41, 5.74) is 3.10. The Kier molecular flexibility index (Phi) is 5.37. The summed E-state index contributed by atoms with van der Waals surface area (Å²) in [6.07, 6.45) is 8.34. The van der Waals surface area contributed by atoms with E-state index in [0.717, 1.165) is 30.9 Å². The minimum absolute atomic E-state index is 0.0661. The van der Waals surface area contributed by atoms with Crippen LogP contribution in [-0.4, -0.2) is 29.4 Å². The lowest BCUT2D eigenvalue weighted by Crippen LogP contribution is -2.27. The van der Waals surface area contributed by atoms with E-state index in [1.165, 1.54) is 42.1 Å². The fourth-order valence-electron chi connectivity index (χ4n) is 3.82. The lowest BCUT2D eigenvalue weighted by Gasteiger charge is -2.34. The van der Waals surface area contributed by atoms with Crippen LogP contribution in [0.3, 0.4) is 0 Å². The second-order valence-corrected chi connectivity index (χ2v) is 10.4. The smallest absolute Gasteiger partial charge is 0.238 e. The third kappa shape index (κ3) is 4.70. The first-order valence-electron chi connectivity index (χ1n) is 10.2. The molecule has 2 fully saturated rings. The zero-order valence-corrected chi connectivity index (χ0v) is 18.4. The van der Waals surface area contributed by atoms with Gasteiger partial charge in [0.15, 0.2) is 0 Å². The standard InChI is InChI=1S/C21H23N5O3S2/c22-31(27,28)18-5-3-17(4-6-18)25-21-23-9-16(10-24-21)15-7-13(8-15)11-29-20-19(12-30-26-20)14-1-2-14/h3-6,9-10,12-15H,1-2,7-8,11H2,(H2,22,27,28)(H,23,24,25). The molecule has 3 aromatic rings. The topological polar surface area (TPSA) is 120 Å². The maximum Gasteiger partial charge on any atom is 0.238 e. The molecular formula is C21H23N5O3S2. The van der Waals surface area contributed by atoms with Gasteiger partial charge in [0.05, 0.1) is 11.5 Å². The first kappa shape index (κ1) is 20.3. The fraction of sp³-hybridized carbons (Fsp3) is 0.381. The third-order valence-electron chi connectivity index (χ3n) is 5.85. The van der Waals surface area contributed by atoms with Crippen LogP contribution < -0.4 is 15.2 Å². The predicted molar refractivity (Wildman–Crippen MR) is 118 cm³/mol. The molecule has 0 bridgehead atoms. The highest BCUT2D eigenvalue weighted by Gasteiger charge is 2.33. The van der Waals surface area contributed by atoms with E-state index in [1.807, 2.05) is 12.4 Å². The molecule has 2 saturated carbocycles. The monoisotopic (exact) mass is 457 g/mol. The van der Waals surface area contributed by atoms with Crippen LogP contribution >= 0.6 is 11.5 Å². The number of sulfonamides is 1. The zero-order chi connectivity index (χ0) is 21.4. The van der Waals surface area contributed by atoms with Crippen LogP contribution in [0, 0.1) is 5.92 Å². The van der Waals surface area contributed by atoms with Crippen LogP contribution in [0.2, 0.25) is 0 Å². The molecule has 0 aliphatic heterocycles. The number of nitrogens with two attached hydrogens (primary N) is 1. The Morgan fingerprint density at radius 3 is 2.45 bits per heavy atom. The van der Waals surface area contributed by atoms with Gasteiger partial charge in [-0.3, -0.25) is 0 Å². The molecular weight excluding hydrogens is 434 g/mol. The zero-order valence-electron chi connectivity index (χ0n) is 16.8. The first-order chi connectivity index (χ1) is 15.0. The van der Waals surface area contributed by atoms with E-state index in [2.05, 4.69) is 25.0 Å². The largest absolute Gasteiger partial charge is 0.477 e.